The molecule has 0 radical (unpaired) electrons. The Morgan fingerprint density at radius 3 is 2.73 bits per heavy atom. The summed E-state index contributed by atoms with van der Waals surface area (Å²) in [4.78, 5) is 9.67. The van der Waals surface area contributed by atoms with Crippen molar-refractivity contribution in [3.8, 4) is 11.5 Å². The van der Waals surface area contributed by atoms with Gasteiger partial charge in [-0.25, -0.2) is 4.98 Å². The average Bonchev–Trinajstić information content (AvgIpc) is 3.41. The highest BCUT2D eigenvalue weighted by atomic mass is 32.1. The van der Waals surface area contributed by atoms with E-state index < -0.39 is 6.10 Å². The Hall–Kier alpha value is -3.16. The van der Waals surface area contributed by atoms with E-state index >= 15 is 0 Å². The fourth-order valence-electron chi connectivity index (χ4n) is 3.07. The van der Waals surface area contributed by atoms with E-state index in [0.29, 0.717) is 24.9 Å². The molecule has 0 saturated carbocycles. The Labute approximate surface area is 179 Å². The maximum atomic E-state index is 10.5. The standard InChI is InChI=1S/C23H24N4O2S/c1-15-7-9-16(10-8-15)22-27-18(14-29-22)12-25-23(24-2)26-13-19(28)21-11-17-5-3-4-6-20(17)30-21/h3-11,14,19,28H,12-13H2,1-2H3,(H2,24,25,26). The van der Waals surface area contributed by atoms with Gasteiger partial charge in [-0.2, -0.15) is 0 Å². The fraction of sp³-hybridized carbons (Fsp3) is 0.217. The summed E-state index contributed by atoms with van der Waals surface area (Å²) in [6, 6.07) is 18.2. The maximum absolute atomic E-state index is 10.5. The molecule has 2 aromatic carbocycles. The number of hydrogen-bond acceptors (Lipinski definition) is 5. The molecule has 7 heteroatoms. The van der Waals surface area contributed by atoms with Gasteiger partial charge in [-0.3, -0.25) is 4.99 Å². The molecule has 2 aromatic heterocycles. The summed E-state index contributed by atoms with van der Waals surface area (Å²) in [7, 11) is 1.70. The lowest BCUT2D eigenvalue weighted by molar-refractivity contribution is 0.184. The average molecular weight is 421 g/mol. The smallest absolute Gasteiger partial charge is 0.226 e. The summed E-state index contributed by atoms with van der Waals surface area (Å²) in [5, 5.41) is 18.1. The number of aliphatic hydroxyl groups excluding tert-OH is 1. The minimum Gasteiger partial charge on any atom is -0.444 e. The number of benzene rings is 2. The largest absolute Gasteiger partial charge is 0.444 e. The summed E-state index contributed by atoms with van der Waals surface area (Å²) in [5.41, 5.74) is 2.92. The number of aromatic nitrogens is 1. The van der Waals surface area contributed by atoms with Gasteiger partial charge in [0.25, 0.3) is 0 Å². The van der Waals surface area contributed by atoms with E-state index in [1.807, 2.05) is 49.4 Å². The molecule has 0 spiro atoms. The predicted molar refractivity (Wildman–Crippen MR) is 122 cm³/mol. The van der Waals surface area contributed by atoms with Crippen LogP contribution in [0.25, 0.3) is 21.5 Å². The van der Waals surface area contributed by atoms with Crippen LogP contribution in [0.4, 0.5) is 0 Å². The van der Waals surface area contributed by atoms with Gasteiger partial charge in [0.1, 0.15) is 12.4 Å². The van der Waals surface area contributed by atoms with Crippen LogP contribution in [0.15, 0.2) is 70.3 Å². The monoisotopic (exact) mass is 420 g/mol. The molecule has 3 N–H and O–H groups in total. The molecule has 0 bridgehead atoms. The molecular weight excluding hydrogens is 396 g/mol. The number of aryl methyl sites for hydroxylation is 1. The van der Waals surface area contributed by atoms with Crippen molar-refractivity contribution in [1.29, 1.82) is 0 Å². The van der Waals surface area contributed by atoms with Crippen LogP contribution in [-0.2, 0) is 6.54 Å². The van der Waals surface area contributed by atoms with E-state index in [4.69, 9.17) is 4.42 Å². The number of aliphatic hydroxyl groups is 1. The molecule has 1 atom stereocenters. The third kappa shape index (κ3) is 4.69. The van der Waals surface area contributed by atoms with Crippen LogP contribution in [0.3, 0.4) is 0 Å². The first-order valence-corrected chi connectivity index (χ1v) is 10.6. The van der Waals surface area contributed by atoms with Gasteiger partial charge >= 0.3 is 0 Å². The zero-order valence-electron chi connectivity index (χ0n) is 16.9. The predicted octanol–water partition coefficient (Wildman–Crippen LogP) is 4.26. The molecule has 0 saturated heterocycles. The van der Waals surface area contributed by atoms with Crippen molar-refractivity contribution >= 4 is 27.4 Å². The molecule has 4 aromatic rings. The van der Waals surface area contributed by atoms with Crippen LogP contribution < -0.4 is 10.6 Å². The second-order valence-corrected chi connectivity index (χ2v) is 8.13. The number of nitrogens with one attached hydrogen (secondary N) is 2. The quantitative estimate of drug-likeness (QED) is 0.321. The molecule has 4 rings (SSSR count). The first-order valence-electron chi connectivity index (χ1n) is 9.75. The van der Waals surface area contributed by atoms with E-state index in [2.05, 4.69) is 32.7 Å². The summed E-state index contributed by atoms with van der Waals surface area (Å²) in [6.07, 6.45) is 1.03. The molecule has 0 amide bonds. The number of oxazole rings is 1. The summed E-state index contributed by atoms with van der Waals surface area (Å²) in [5.74, 6) is 1.19. The van der Waals surface area contributed by atoms with Crippen molar-refractivity contribution in [3.63, 3.8) is 0 Å². The normalized spacial score (nSPS) is 12.8. The Morgan fingerprint density at radius 2 is 1.97 bits per heavy atom. The number of guanidine groups is 1. The first kappa shape index (κ1) is 20.1. The van der Waals surface area contributed by atoms with Gasteiger partial charge in [0.15, 0.2) is 5.96 Å². The summed E-state index contributed by atoms with van der Waals surface area (Å²) < 4.78 is 6.76. The molecule has 0 aliphatic carbocycles. The van der Waals surface area contributed by atoms with Crippen LogP contribution in [0.2, 0.25) is 0 Å². The van der Waals surface area contributed by atoms with Gasteiger partial charge in [-0.15, -0.1) is 11.3 Å². The van der Waals surface area contributed by atoms with Crippen LogP contribution in [0.5, 0.6) is 0 Å². The number of hydrogen-bond donors (Lipinski definition) is 3. The second-order valence-electron chi connectivity index (χ2n) is 7.02. The van der Waals surface area contributed by atoms with E-state index in [-0.39, 0.29) is 0 Å². The Morgan fingerprint density at radius 1 is 1.17 bits per heavy atom. The van der Waals surface area contributed by atoms with Crippen molar-refractivity contribution in [3.05, 3.63) is 77.0 Å². The van der Waals surface area contributed by atoms with Gasteiger partial charge in [-0.05, 0) is 36.6 Å². The number of thiophene rings is 1. The van der Waals surface area contributed by atoms with Crippen LogP contribution in [0.1, 0.15) is 22.2 Å². The van der Waals surface area contributed by atoms with Crippen molar-refractivity contribution < 1.29 is 9.52 Å². The highest BCUT2D eigenvalue weighted by Gasteiger charge is 2.13. The van der Waals surface area contributed by atoms with Gasteiger partial charge in [0.2, 0.25) is 5.89 Å². The second kappa shape index (κ2) is 9.11. The Balaban J connectivity index is 1.31. The third-order valence-electron chi connectivity index (χ3n) is 4.75. The lowest BCUT2D eigenvalue weighted by Gasteiger charge is -2.14. The molecule has 0 aliphatic heterocycles. The van der Waals surface area contributed by atoms with Crippen molar-refractivity contribution in [2.24, 2.45) is 4.99 Å². The maximum Gasteiger partial charge on any atom is 0.226 e. The number of fused-ring (bicyclic) bond motifs is 1. The zero-order chi connectivity index (χ0) is 20.9. The zero-order valence-corrected chi connectivity index (χ0v) is 17.7. The van der Waals surface area contributed by atoms with Gasteiger partial charge in [0, 0.05) is 28.7 Å². The van der Waals surface area contributed by atoms with Crippen molar-refractivity contribution in [2.75, 3.05) is 13.6 Å². The van der Waals surface area contributed by atoms with Crippen molar-refractivity contribution in [2.45, 2.75) is 19.6 Å². The van der Waals surface area contributed by atoms with Gasteiger partial charge in [-0.1, -0.05) is 35.9 Å². The molecule has 154 valence electrons. The minimum atomic E-state index is -0.610. The summed E-state index contributed by atoms with van der Waals surface area (Å²) >= 11 is 1.60. The molecular formula is C23H24N4O2S. The van der Waals surface area contributed by atoms with Gasteiger partial charge in [0.05, 0.1) is 12.2 Å². The first-order chi connectivity index (χ1) is 14.6. The van der Waals surface area contributed by atoms with Gasteiger partial charge < -0.3 is 20.2 Å². The van der Waals surface area contributed by atoms with Crippen LogP contribution >= 0.6 is 11.3 Å². The van der Waals surface area contributed by atoms with E-state index in [1.54, 1.807) is 24.6 Å². The SMILES string of the molecule is CN=C(NCc1coc(-c2ccc(C)cc2)n1)NCC(O)c1cc2ccccc2s1. The molecule has 1 unspecified atom stereocenters. The highest BCUT2D eigenvalue weighted by molar-refractivity contribution is 7.19. The number of nitrogens with zero attached hydrogens (tertiary/aromatic N) is 2. The molecule has 0 fully saturated rings. The fourth-order valence-corrected chi connectivity index (χ4v) is 4.12. The molecule has 6 nitrogen and oxygen atoms in total. The molecule has 0 aliphatic rings. The lowest BCUT2D eigenvalue weighted by atomic mass is 10.1. The topological polar surface area (TPSA) is 82.7 Å². The Kier molecular flexibility index (Phi) is 6.11. The van der Waals surface area contributed by atoms with Crippen LogP contribution in [-0.4, -0.2) is 29.6 Å². The molecule has 2 heterocycles. The lowest BCUT2D eigenvalue weighted by Crippen LogP contribution is -2.38. The minimum absolute atomic E-state index is 0.361. The van der Waals surface area contributed by atoms with E-state index in [0.717, 1.165) is 21.5 Å². The van der Waals surface area contributed by atoms with E-state index in [9.17, 15) is 5.11 Å². The van der Waals surface area contributed by atoms with Crippen LogP contribution in [0, 0.1) is 6.92 Å². The van der Waals surface area contributed by atoms with Crippen molar-refractivity contribution in [1.82, 2.24) is 15.6 Å². The summed E-state index contributed by atoms with van der Waals surface area (Å²) in [6.45, 7) is 2.87. The third-order valence-corrected chi connectivity index (χ3v) is 5.96. The number of rotatable bonds is 6. The Bertz CT molecular complexity index is 1110. The highest BCUT2D eigenvalue weighted by Crippen LogP contribution is 2.29. The van der Waals surface area contributed by atoms with E-state index in [1.165, 1.54) is 10.3 Å². The number of aliphatic imine (C=N–C) groups is 1. The molecule has 30 heavy (non-hydrogen) atoms.